The Bertz CT molecular complexity index is 567. The van der Waals surface area contributed by atoms with Crippen LogP contribution in [0.25, 0.3) is 0 Å². The zero-order chi connectivity index (χ0) is 18.2. The van der Waals surface area contributed by atoms with Crippen molar-refractivity contribution in [2.75, 3.05) is 26.2 Å². The molecule has 6 heteroatoms. The number of amides is 2. The second-order valence-corrected chi connectivity index (χ2v) is 7.55. The van der Waals surface area contributed by atoms with Gasteiger partial charge in [-0.1, -0.05) is 15.9 Å². The zero-order valence-electron chi connectivity index (χ0n) is 15.0. The van der Waals surface area contributed by atoms with Crippen molar-refractivity contribution in [3.8, 4) is 0 Å². The molecule has 5 nitrogen and oxygen atoms in total. The van der Waals surface area contributed by atoms with Gasteiger partial charge in [-0.05, 0) is 57.4 Å². The fraction of sp³-hybridized carbons (Fsp3) is 0.579. The Kier molecular flexibility index (Phi) is 7.90. The average molecular weight is 411 g/mol. The van der Waals surface area contributed by atoms with Crippen molar-refractivity contribution in [3.63, 3.8) is 0 Å². The normalized spacial score (nSPS) is 15.4. The highest BCUT2D eigenvalue weighted by atomic mass is 79.9. The van der Waals surface area contributed by atoms with Gasteiger partial charge in [-0.2, -0.15) is 0 Å². The first-order valence-electron chi connectivity index (χ1n) is 8.91. The van der Waals surface area contributed by atoms with Gasteiger partial charge in [0.25, 0.3) is 5.91 Å². The number of nitrogens with zero attached hydrogens (tertiary/aromatic N) is 1. The van der Waals surface area contributed by atoms with Crippen LogP contribution in [0, 0.1) is 5.92 Å². The summed E-state index contributed by atoms with van der Waals surface area (Å²) in [6.07, 6.45) is 2.49. The summed E-state index contributed by atoms with van der Waals surface area (Å²) in [5.41, 5.74) is 0.691. The highest BCUT2D eigenvalue weighted by molar-refractivity contribution is 9.10. The first-order chi connectivity index (χ1) is 12.0. The lowest BCUT2D eigenvalue weighted by atomic mass is 9.95. The topological polar surface area (TPSA) is 58.6 Å². The molecule has 1 aromatic carbocycles. The molecular weight excluding hydrogens is 384 g/mol. The van der Waals surface area contributed by atoms with Crippen LogP contribution in [0.1, 0.15) is 43.5 Å². The van der Waals surface area contributed by atoms with Gasteiger partial charge in [0.1, 0.15) is 0 Å². The second kappa shape index (κ2) is 9.92. The molecule has 1 N–H and O–H groups in total. The summed E-state index contributed by atoms with van der Waals surface area (Å²) in [5, 5.41) is 2.98. The van der Waals surface area contributed by atoms with Crippen molar-refractivity contribution in [2.45, 2.75) is 39.2 Å². The molecule has 0 bridgehead atoms. The number of hydrogen-bond acceptors (Lipinski definition) is 3. The lowest BCUT2D eigenvalue weighted by Crippen LogP contribution is -2.43. The highest BCUT2D eigenvalue weighted by Gasteiger charge is 2.27. The number of carbonyl (C=O) groups excluding carboxylic acids is 2. The Morgan fingerprint density at radius 2 is 1.88 bits per heavy atom. The average Bonchev–Trinajstić information content (AvgIpc) is 2.61. The van der Waals surface area contributed by atoms with Gasteiger partial charge < -0.3 is 15.0 Å². The smallest absolute Gasteiger partial charge is 0.253 e. The van der Waals surface area contributed by atoms with Gasteiger partial charge in [0.2, 0.25) is 5.91 Å². The molecule has 2 amide bonds. The van der Waals surface area contributed by atoms with Crippen molar-refractivity contribution in [1.82, 2.24) is 10.2 Å². The van der Waals surface area contributed by atoms with E-state index in [0.29, 0.717) is 31.8 Å². The van der Waals surface area contributed by atoms with E-state index < -0.39 is 0 Å². The van der Waals surface area contributed by atoms with E-state index in [-0.39, 0.29) is 23.8 Å². The van der Waals surface area contributed by atoms with E-state index >= 15 is 0 Å². The number of carbonyl (C=O) groups is 2. The third kappa shape index (κ3) is 6.44. The summed E-state index contributed by atoms with van der Waals surface area (Å²) in [4.78, 5) is 26.5. The number of halogens is 1. The maximum Gasteiger partial charge on any atom is 0.253 e. The van der Waals surface area contributed by atoms with Crippen LogP contribution >= 0.6 is 15.9 Å². The number of nitrogens with one attached hydrogen (secondary N) is 1. The minimum absolute atomic E-state index is 0.0000140. The Morgan fingerprint density at radius 3 is 2.48 bits per heavy atom. The Morgan fingerprint density at radius 1 is 1.24 bits per heavy atom. The fourth-order valence-electron chi connectivity index (χ4n) is 2.87. The Labute approximate surface area is 158 Å². The molecule has 0 saturated carbocycles. The number of ether oxygens (including phenoxy) is 1. The van der Waals surface area contributed by atoms with Gasteiger partial charge in [-0.25, -0.2) is 0 Å². The number of likely N-dealkylation sites (tertiary alicyclic amines) is 1. The predicted octanol–water partition coefficient (Wildman–Crippen LogP) is 3.23. The molecule has 0 spiro atoms. The lowest BCUT2D eigenvalue weighted by molar-refractivity contribution is -0.126. The molecule has 1 aliphatic rings. The monoisotopic (exact) mass is 410 g/mol. The van der Waals surface area contributed by atoms with Gasteiger partial charge in [0.15, 0.2) is 0 Å². The molecule has 0 aromatic heterocycles. The summed E-state index contributed by atoms with van der Waals surface area (Å²) >= 11 is 3.37. The molecule has 1 heterocycles. The maximum atomic E-state index is 12.5. The van der Waals surface area contributed by atoms with Gasteiger partial charge in [-0.3, -0.25) is 9.59 Å². The van der Waals surface area contributed by atoms with E-state index in [2.05, 4.69) is 21.2 Å². The van der Waals surface area contributed by atoms with E-state index in [0.717, 1.165) is 23.7 Å². The van der Waals surface area contributed by atoms with Gasteiger partial charge in [-0.15, -0.1) is 0 Å². The van der Waals surface area contributed by atoms with Crippen molar-refractivity contribution < 1.29 is 14.3 Å². The summed E-state index contributed by atoms with van der Waals surface area (Å²) in [7, 11) is 0. The third-order valence-electron chi connectivity index (χ3n) is 4.32. The van der Waals surface area contributed by atoms with Crippen molar-refractivity contribution in [2.24, 2.45) is 5.92 Å². The molecule has 0 radical (unpaired) electrons. The van der Waals surface area contributed by atoms with Crippen LogP contribution in [-0.4, -0.2) is 49.1 Å². The van der Waals surface area contributed by atoms with Crippen molar-refractivity contribution in [1.29, 1.82) is 0 Å². The van der Waals surface area contributed by atoms with Crippen LogP contribution in [0.4, 0.5) is 0 Å². The van der Waals surface area contributed by atoms with Crippen LogP contribution in [-0.2, 0) is 9.53 Å². The van der Waals surface area contributed by atoms with Crippen LogP contribution in [0.3, 0.4) is 0 Å². The Balaban J connectivity index is 1.70. The second-order valence-electron chi connectivity index (χ2n) is 6.64. The molecule has 0 atom stereocenters. The molecule has 138 valence electrons. The minimum Gasteiger partial charge on any atom is -0.379 e. The van der Waals surface area contributed by atoms with E-state index in [1.54, 1.807) is 0 Å². The third-order valence-corrected chi connectivity index (χ3v) is 4.84. The van der Waals surface area contributed by atoms with E-state index in [4.69, 9.17) is 4.74 Å². The molecule has 1 saturated heterocycles. The molecule has 1 aliphatic heterocycles. The number of benzene rings is 1. The van der Waals surface area contributed by atoms with Crippen LogP contribution < -0.4 is 5.32 Å². The first-order valence-corrected chi connectivity index (χ1v) is 9.71. The van der Waals surface area contributed by atoms with E-state index in [1.165, 1.54) is 0 Å². The van der Waals surface area contributed by atoms with Crippen LogP contribution in [0.15, 0.2) is 28.7 Å². The summed E-state index contributed by atoms with van der Waals surface area (Å²) < 4.78 is 6.42. The molecule has 1 fully saturated rings. The Hall–Kier alpha value is -1.40. The molecular formula is C19H27BrN2O3. The van der Waals surface area contributed by atoms with E-state index in [9.17, 15) is 9.59 Å². The molecule has 1 aromatic rings. The molecule has 25 heavy (non-hydrogen) atoms. The highest BCUT2D eigenvalue weighted by Crippen LogP contribution is 2.20. The molecule has 2 rings (SSSR count). The predicted molar refractivity (Wildman–Crippen MR) is 101 cm³/mol. The standard InChI is InChI=1S/C19H27BrN2O3/c1-14(2)25-13-3-10-21-18(23)15-8-11-22(12-9-15)19(24)16-4-6-17(20)7-5-16/h4-7,14-15H,3,8-13H2,1-2H3,(H,21,23). The largest absolute Gasteiger partial charge is 0.379 e. The van der Waals surface area contributed by atoms with Crippen molar-refractivity contribution >= 4 is 27.7 Å². The number of hydrogen-bond donors (Lipinski definition) is 1. The van der Waals surface area contributed by atoms with Crippen LogP contribution in [0.2, 0.25) is 0 Å². The maximum absolute atomic E-state index is 12.5. The van der Waals surface area contributed by atoms with Crippen molar-refractivity contribution in [3.05, 3.63) is 34.3 Å². The molecule has 0 unspecified atom stereocenters. The van der Waals surface area contributed by atoms with Crippen LogP contribution in [0.5, 0.6) is 0 Å². The van der Waals surface area contributed by atoms with Gasteiger partial charge >= 0.3 is 0 Å². The summed E-state index contributed by atoms with van der Waals surface area (Å²) in [6.45, 7) is 6.57. The number of rotatable bonds is 7. The fourth-order valence-corrected chi connectivity index (χ4v) is 3.13. The lowest BCUT2D eigenvalue weighted by Gasteiger charge is -2.31. The molecule has 0 aliphatic carbocycles. The van der Waals surface area contributed by atoms with E-state index in [1.807, 2.05) is 43.0 Å². The summed E-state index contributed by atoms with van der Waals surface area (Å²) in [6, 6.07) is 7.39. The number of piperidine rings is 1. The summed E-state index contributed by atoms with van der Waals surface area (Å²) in [5.74, 6) is 0.137. The van der Waals surface area contributed by atoms with Gasteiger partial charge in [0, 0.05) is 42.2 Å². The first kappa shape index (κ1) is 19.9. The van der Waals surface area contributed by atoms with Gasteiger partial charge in [0.05, 0.1) is 6.10 Å². The minimum atomic E-state index is -0.0000140. The zero-order valence-corrected chi connectivity index (χ0v) is 16.5. The quantitative estimate of drug-likeness (QED) is 0.701. The SMILES string of the molecule is CC(C)OCCCNC(=O)C1CCN(C(=O)c2ccc(Br)cc2)CC1.